The Hall–Kier alpha value is -3.97. The van der Waals surface area contributed by atoms with Gasteiger partial charge in [-0.2, -0.15) is 0 Å². The number of aromatic nitrogens is 2. The van der Waals surface area contributed by atoms with Crippen molar-refractivity contribution >= 4 is 29.0 Å². The van der Waals surface area contributed by atoms with E-state index in [1.807, 2.05) is 42.6 Å². The molecule has 2 aromatic carbocycles. The Labute approximate surface area is 229 Å². The molecule has 0 saturated carbocycles. The minimum Gasteiger partial charge on any atom is -0.465 e. The van der Waals surface area contributed by atoms with Gasteiger partial charge in [-0.05, 0) is 85.6 Å². The zero-order chi connectivity index (χ0) is 27.0. The number of ether oxygens (including phenoxy) is 1. The summed E-state index contributed by atoms with van der Waals surface area (Å²) in [4.78, 5) is 19.5. The van der Waals surface area contributed by atoms with Gasteiger partial charge in [0.15, 0.2) is 5.11 Å². The molecule has 0 aliphatic carbocycles. The molecule has 0 spiro atoms. The van der Waals surface area contributed by atoms with Crippen molar-refractivity contribution < 1.29 is 9.53 Å². The standard InChI is InChI=1S/C31H32N4O2S/c1-19(2)22-13-15-23(16-14-22)35-29(28(33-31(35)38)26-11-8-9-17-32-26)25-18-20(3)34(21(25)4)27-12-7-6-10-24(27)30(36)37-5/h6-19,28-29H,1-5H3,(H,33,38). The highest BCUT2D eigenvalue weighted by atomic mass is 32.1. The van der Waals surface area contributed by atoms with Gasteiger partial charge in [0.1, 0.15) is 0 Å². The van der Waals surface area contributed by atoms with Crippen molar-refractivity contribution in [2.45, 2.75) is 45.7 Å². The first-order valence-electron chi connectivity index (χ1n) is 12.8. The number of esters is 1. The summed E-state index contributed by atoms with van der Waals surface area (Å²) in [6.07, 6.45) is 1.81. The van der Waals surface area contributed by atoms with E-state index in [4.69, 9.17) is 17.0 Å². The average Bonchev–Trinajstić information content (AvgIpc) is 3.43. The zero-order valence-corrected chi connectivity index (χ0v) is 23.1. The number of carbonyl (C=O) groups excluding carboxylic acids is 1. The number of benzene rings is 2. The predicted molar refractivity (Wildman–Crippen MR) is 155 cm³/mol. The van der Waals surface area contributed by atoms with Gasteiger partial charge in [-0.3, -0.25) is 4.98 Å². The van der Waals surface area contributed by atoms with E-state index in [-0.39, 0.29) is 18.1 Å². The lowest BCUT2D eigenvalue weighted by Crippen LogP contribution is -2.29. The molecule has 5 rings (SSSR count). The predicted octanol–water partition coefficient (Wildman–Crippen LogP) is 6.58. The number of hydrogen-bond acceptors (Lipinski definition) is 4. The Morgan fingerprint density at radius 2 is 1.74 bits per heavy atom. The van der Waals surface area contributed by atoms with Gasteiger partial charge in [0.2, 0.25) is 0 Å². The number of pyridine rings is 1. The minimum absolute atomic E-state index is 0.146. The van der Waals surface area contributed by atoms with Gasteiger partial charge in [-0.25, -0.2) is 4.79 Å². The minimum atomic E-state index is -0.364. The smallest absolute Gasteiger partial charge is 0.339 e. The van der Waals surface area contributed by atoms with Gasteiger partial charge < -0.3 is 19.5 Å². The summed E-state index contributed by atoms with van der Waals surface area (Å²) in [7, 11) is 1.41. The van der Waals surface area contributed by atoms with E-state index in [1.165, 1.54) is 12.7 Å². The number of hydrogen-bond donors (Lipinski definition) is 1. The summed E-state index contributed by atoms with van der Waals surface area (Å²) < 4.78 is 7.20. The second kappa shape index (κ2) is 10.4. The maximum absolute atomic E-state index is 12.6. The third-order valence-corrected chi connectivity index (χ3v) is 7.59. The van der Waals surface area contributed by atoms with Crippen LogP contribution in [0.5, 0.6) is 0 Å². The molecular weight excluding hydrogens is 492 g/mol. The summed E-state index contributed by atoms with van der Waals surface area (Å²) in [5.74, 6) is 0.0789. The highest BCUT2D eigenvalue weighted by molar-refractivity contribution is 7.80. The number of nitrogens with one attached hydrogen (secondary N) is 1. The van der Waals surface area contributed by atoms with Gasteiger partial charge in [-0.15, -0.1) is 0 Å². The molecule has 1 aliphatic rings. The van der Waals surface area contributed by atoms with E-state index in [1.54, 1.807) is 6.07 Å². The molecule has 0 amide bonds. The van der Waals surface area contributed by atoms with Crippen LogP contribution in [-0.4, -0.2) is 27.7 Å². The van der Waals surface area contributed by atoms with Crippen LogP contribution in [0.1, 0.15) is 70.4 Å². The lowest BCUT2D eigenvalue weighted by Gasteiger charge is -2.28. The van der Waals surface area contributed by atoms with Crippen molar-refractivity contribution in [2.75, 3.05) is 12.0 Å². The van der Waals surface area contributed by atoms with Crippen LogP contribution in [-0.2, 0) is 4.74 Å². The second-order valence-corrected chi connectivity index (χ2v) is 10.3. The molecule has 1 saturated heterocycles. The lowest BCUT2D eigenvalue weighted by molar-refractivity contribution is 0.0600. The van der Waals surface area contributed by atoms with Crippen LogP contribution in [0.25, 0.3) is 5.69 Å². The fourth-order valence-corrected chi connectivity index (χ4v) is 5.72. The van der Waals surface area contributed by atoms with Gasteiger partial charge >= 0.3 is 5.97 Å². The number of methoxy groups -OCH3 is 1. The SMILES string of the molecule is COC(=O)c1ccccc1-n1c(C)cc(C2C(c3ccccn3)NC(=S)N2c2ccc(C(C)C)cc2)c1C. The van der Waals surface area contributed by atoms with Crippen LogP contribution in [0, 0.1) is 13.8 Å². The zero-order valence-electron chi connectivity index (χ0n) is 22.3. The number of thiocarbonyl (C=S) groups is 1. The van der Waals surface area contributed by atoms with Crippen molar-refractivity contribution in [3.63, 3.8) is 0 Å². The van der Waals surface area contributed by atoms with Crippen LogP contribution in [0.15, 0.2) is 79.0 Å². The molecule has 6 nitrogen and oxygen atoms in total. The molecule has 0 bridgehead atoms. The van der Waals surface area contributed by atoms with E-state index in [0.29, 0.717) is 16.6 Å². The van der Waals surface area contributed by atoms with Gasteiger partial charge in [0.05, 0.1) is 36.1 Å². The van der Waals surface area contributed by atoms with Crippen LogP contribution < -0.4 is 10.2 Å². The first-order valence-corrected chi connectivity index (χ1v) is 13.2. The van der Waals surface area contributed by atoms with Crippen molar-refractivity contribution in [1.82, 2.24) is 14.9 Å². The summed E-state index contributed by atoms with van der Waals surface area (Å²) in [5.41, 5.74) is 7.68. The van der Waals surface area contributed by atoms with E-state index in [9.17, 15) is 4.79 Å². The van der Waals surface area contributed by atoms with Gasteiger partial charge in [-0.1, -0.05) is 44.2 Å². The Kier molecular flexibility index (Phi) is 7.04. The van der Waals surface area contributed by atoms with Crippen molar-refractivity contribution in [1.29, 1.82) is 0 Å². The Balaban J connectivity index is 1.68. The quantitative estimate of drug-likeness (QED) is 0.227. The molecule has 2 atom stereocenters. The van der Waals surface area contributed by atoms with E-state index in [2.05, 4.69) is 77.8 Å². The molecule has 1 fully saturated rings. The topological polar surface area (TPSA) is 59.4 Å². The van der Waals surface area contributed by atoms with E-state index in [0.717, 1.165) is 34.0 Å². The molecule has 1 N–H and O–H groups in total. The van der Waals surface area contributed by atoms with Crippen LogP contribution >= 0.6 is 12.2 Å². The normalized spacial score (nSPS) is 17.1. The first kappa shape index (κ1) is 25.7. The Morgan fingerprint density at radius 1 is 1.03 bits per heavy atom. The van der Waals surface area contributed by atoms with Crippen LogP contribution in [0.3, 0.4) is 0 Å². The molecule has 2 aromatic heterocycles. The summed E-state index contributed by atoms with van der Waals surface area (Å²) in [6, 6.07) is 24.0. The molecule has 194 valence electrons. The van der Waals surface area contributed by atoms with Crippen molar-refractivity contribution in [3.8, 4) is 5.69 Å². The molecule has 4 aromatic rings. The third kappa shape index (κ3) is 4.47. The Morgan fingerprint density at radius 3 is 2.39 bits per heavy atom. The summed E-state index contributed by atoms with van der Waals surface area (Å²) in [5, 5.41) is 4.21. The first-order chi connectivity index (χ1) is 18.3. The highest BCUT2D eigenvalue weighted by Gasteiger charge is 2.42. The number of nitrogens with zero attached hydrogens (tertiary/aromatic N) is 3. The summed E-state index contributed by atoms with van der Waals surface area (Å²) >= 11 is 5.93. The molecule has 7 heteroatoms. The average molecular weight is 525 g/mol. The fraction of sp³-hybridized carbons (Fsp3) is 0.258. The fourth-order valence-electron chi connectivity index (χ4n) is 5.38. The van der Waals surface area contributed by atoms with Crippen LogP contribution in [0.4, 0.5) is 5.69 Å². The maximum atomic E-state index is 12.6. The maximum Gasteiger partial charge on any atom is 0.339 e. The van der Waals surface area contributed by atoms with Gasteiger partial charge in [0, 0.05) is 23.3 Å². The number of aryl methyl sites for hydroxylation is 1. The second-order valence-electron chi connectivity index (χ2n) is 9.91. The molecular formula is C31H32N4O2S. The monoisotopic (exact) mass is 524 g/mol. The molecule has 3 heterocycles. The Bertz CT molecular complexity index is 1480. The number of rotatable bonds is 6. The molecule has 1 aliphatic heterocycles. The molecule has 38 heavy (non-hydrogen) atoms. The molecule has 2 unspecified atom stereocenters. The van der Waals surface area contributed by atoms with E-state index >= 15 is 0 Å². The van der Waals surface area contributed by atoms with E-state index < -0.39 is 0 Å². The third-order valence-electron chi connectivity index (χ3n) is 7.28. The number of anilines is 1. The largest absolute Gasteiger partial charge is 0.465 e. The van der Waals surface area contributed by atoms with Crippen molar-refractivity contribution in [3.05, 3.63) is 113 Å². The van der Waals surface area contributed by atoms with Gasteiger partial charge in [0.25, 0.3) is 0 Å². The summed E-state index contributed by atoms with van der Waals surface area (Å²) in [6.45, 7) is 8.53. The lowest BCUT2D eigenvalue weighted by atomic mass is 9.96. The van der Waals surface area contributed by atoms with Crippen molar-refractivity contribution in [2.24, 2.45) is 0 Å². The van der Waals surface area contributed by atoms with Crippen LogP contribution in [0.2, 0.25) is 0 Å². The number of carbonyl (C=O) groups is 1. The number of para-hydroxylation sites is 1. The molecule has 0 radical (unpaired) electrons. The highest BCUT2D eigenvalue weighted by Crippen LogP contribution is 2.44.